The van der Waals surface area contributed by atoms with Crippen molar-refractivity contribution in [3.63, 3.8) is 0 Å². The maximum Gasteiger partial charge on any atom is 0.243 e. The van der Waals surface area contributed by atoms with Gasteiger partial charge in [0.25, 0.3) is 0 Å². The number of carbonyl (C=O) groups excluding carboxylic acids is 1. The molecule has 0 fully saturated rings. The van der Waals surface area contributed by atoms with Crippen molar-refractivity contribution in [3.8, 4) is 0 Å². The van der Waals surface area contributed by atoms with Crippen LogP contribution in [0.2, 0.25) is 0 Å². The van der Waals surface area contributed by atoms with E-state index in [1.54, 1.807) is 24.3 Å². The van der Waals surface area contributed by atoms with Gasteiger partial charge in [0.15, 0.2) is 0 Å². The fourth-order valence-electron chi connectivity index (χ4n) is 1.82. The first kappa shape index (κ1) is 17.7. The molecule has 1 amide bonds. The number of nitrogens with zero attached hydrogens (tertiary/aromatic N) is 1. The number of aryl methyl sites for hydroxylation is 1. The monoisotopic (exact) mass is 312 g/mol. The summed E-state index contributed by atoms with van der Waals surface area (Å²) < 4.78 is 25.8. The Labute approximate surface area is 127 Å². The van der Waals surface area contributed by atoms with Crippen LogP contribution in [0.4, 0.5) is 0 Å². The number of sulfonamides is 1. The van der Waals surface area contributed by atoms with E-state index in [4.69, 9.17) is 0 Å². The normalized spacial score (nSPS) is 12.5. The van der Waals surface area contributed by atoms with Crippen molar-refractivity contribution >= 4 is 15.9 Å². The van der Waals surface area contributed by atoms with Crippen LogP contribution < -0.4 is 5.32 Å². The molecule has 0 aliphatic carbocycles. The van der Waals surface area contributed by atoms with Crippen molar-refractivity contribution < 1.29 is 13.2 Å². The molecule has 0 spiro atoms. The second-order valence-electron chi connectivity index (χ2n) is 6.06. The van der Waals surface area contributed by atoms with Gasteiger partial charge >= 0.3 is 0 Å². The summed E-state index contributed by atoms with van der Waals surface area (Å²) in [5.74, 6) is -0.321. The van der Waals surface area contributed by atoms with Crippen molar-refractivity contribution in [3.05, 3.63) is 29.8 Å². The van der Waals surface area contributed by atoms with E-state index < -0.39 is 10.0 Å². The lowest BCUT2D eigenvalue weighted by molar-refractivity contribution is -0.122. The predicted octanol–water partition coefficient (Wildman–Crippen LogP) is 1.78. The minimum Gasteiger partial charge on any atom is -0.350 e. The Bertz CT molecular complexity index is 586. The summed E-state index contributed by atoms with van der Waals surface area (Å²) in [5, 5.41) is 2.75. The zero-order chi connectivity index (χ0) is 16.3. The van der Waals surface area contributed by atoms with Gasteiger partial charge in [-0.3, -0.25) is 4.79 Å². The molecule has 0 heterocycles. The largest absolute Gasteiger partial charge is 0.350 e. The summed E-state index contributed by atoms with van der Waals surface area (Å²) in [6.07, 6.45) is 0.851. The molecule has 0 aliphatic heterocycles. The molecule has 5 nitrogen and oxygen atoms in total. The molecule has 118 valence electrons. The molecule has 21 heavy (non-hydrogen) atoms. The molecule has 0 radical (unpaired) electrons. The lowest BCUT2D eigenvalue weighted by atomic mass is 10.1. The summed E-state index contributed by atoms with van der Waals surface area (Å²) in [7, 11) is -2.23. The van der Waals surface area contributed by atoms with Crippen LogP contribution in [0.3, 0.4) is 0 Å². The van der Waals surface area contributed by atoms with Gasteiger partial charge in [-0.05, 0) is 44.9 Å². The second-order valence-corrected chi connectivity index (χ2v) is 8.10. The van der Waals surface area contributed by atoms with Crippen LogP contribution in [0.5, 0.6) is 0 Å². The minimum atomic E-state index is -3.64. The fraction of sp³-hybridized carbons (Fsp3) is 0.533. The Kier molecular flexibility index (Phi) is 5.53. The smallest absolute Gasteiger partial charge is 0.243 e. The third-order valence-electron chi connectivity index (χ3n) is 2.92. The average Bonchev–Trinajstić information content (AvgIpc) is 2.36. The van der Waals surface area contributed by atoms with Crippen molar-refractivity contribution in [2.75, 3.05) is 13.6 Å². The molecule has 0 bridgehead atoms. The van der Waals surface area contributed by atoms with Gasteiger partial charge < -0.3 is 5.32 Å². The van der Waals surface area contributed by atoms with Gasteiger partial charge in [-0.25, -0.2) is 8.42 Å². The predicted molar refractivity (Wildman–Crippen MR) is 83.5 cm³/mol. The molecule has 6 heteroatoms. The Morgan fingerprint density at radius 2 is 1.71 bits per heavy atom. The van der Waals surface area contributed by atoms with E-state index in [-0.39, 0.29) is 22.9 Å². The lowest BCUT2D eigenvalue weighted by Crippen LogP contribution is -2.46. The van der Waals surface area contributed by atoms with Gasteiger partial charge in [0, 0.05) is 12.6 Å². The van der Waals surface area contributed by atoms with E-state index >= 15 is 0 Å². The molecular weight excluding hydrogens is 288 g/mol. The lowest BCUT2D eigenvalue weighted by Gasteiger charge is -2.23. The highest BCUT2D eigenvalue weighted by Gasteiger charge is 2.24. The quantitative estimate of drug-likeness (QED) is 0.901. The topological polar surface area (TPSA) is 66.5 Å². The van der Waals surface area contributed by atoms with Crippen molar-refractivity contribution in [1.82, 2.24) is 9.62 Å². The van der Waals surface area contributed by atoms with Crippen LogP contribution in [-0.4, -0.2) is 37.8 Å². The number of likely N-dealkylation sites (N-methyl/N-ethyl adjacent to an activating group) is 1. The van der Waals surface area contributed by atoms with Gasteiger partial charge in [0.2, 0.25) is 15.9 Å². The minimum absolute atomic E-state index is 0.199. The number of amides is 1. The van der Waals surface area contributed by atoms with Crippen molar-refractivity contribution in [1.29, 1.82) is 0 Å². The van der Waals surface area contributed by atoms with Crippen LogP contribution in [0.25, 0.3) is 0 Å². The zero-order valence-corrected chi connectivity index (χ0v) is 14.1. The maximum absolute atomic E-state index is 12.4. The maximum atomic E-state index is 12.4. The summed E-state index contributed by atoms with van der Waals surface area (Å²) in [4.78, 5) is 12.0. The number of hydrogen-bond acceptors (Lipinski definition) is 3. The van der Waals surface area contributed by atoms with Gasteiger partial charge in [0.1, 0.15) is 0 Å². The summed E-state index contributed by atoms with van der Waals surface area (Å²) in [5.41, 5.74) is 0.687. The number of benzene rings is 1. The van der Waals surface area contributed by atoms with Crippen LogP contribution in [-0.2, 0) is 21.2 Å². The molecule has 0 atom stereocenters. The molecule has 1 aromatic carbocycles. The van der Waals surface area contributed by atoms with Crippen LogP contribution in [0.15, 0.2) is 29.2 Å². The molecule has 0 saturated heterocycles. The number of rotatable bonds is 5. The van der Waals surface area contributed by atoms with Gasteiger partial charge in [-0.1, -0.05) is 19.1 Å². The number of hydrogen-bond donors (Lipinski definition) is 1. The highest BCUT2D eigenvalue weighted by Crippen LogP contribution is 2.15. The van der Waals surface area contributed by atoms with E-state index in [1.165, 1.54) is 7.05 Å². The van der Waals surface area contributed by atoms with E-state index in [1.807, 2.05) is 27.7 Å². The molecule has 0 unspecified atom stereocenters. The van der Waals surface area contributed by atoms with Gasteiger partial charge in [-0.2, -0.15) is 4.31 Å². The Morgan fingerprint density at radius 3 is 2.14 bits per heavy atom. The Balaban J connectivity index is 2.84. The highest BCUT2D eigenvalue weighted by molar-refractivity contribution is 7.89. The molecule has 0 aliphatic rings. The van der Waals surface area contributed by atoms with Gasteiger partial charge in [-0.15, -0.1) is 0 Å². The van der Waals surface area contributed by atoms with Crippen LogP contribution in [0, 0.1) is 0 Å². The standard InChI is InChI=1S/C15H24N2O3S/c1-6-12-7-9-13(10-8-12)21(19,20)17(5)11-14(18)16-15(2,3)4/h7-10H,6,11H2,1-5H3,(H,16,18). The summed E-state index contributed by atoms with van der Waals surface area (Å²) >= 11 is 0. The van der Waals surface area contributed by atoms with Gasteiger partial charge in [0.05, 0.1) is 11.4 Å². The SMILES string of the molecule is CCc1ccc(S(=O)(=O)N(C)CC(=O)NC(C)(C)C)cc1. The first-order chi connectivity index (χ1) is 9.56. The first-order valence-corrected chi connectivity index (χ1v) is 8.36. The molecule has 1 aromatic rings. The third-order valence-corrected chi connectivity index (χ3v) is 4.74. The summed E-state index contributed by atoms with van der Waals surface area (Å²) in [6, 6.07) is 6.73. The van der Waals surface area contributed by atoms with Crippen molar-refractivity contribution in [2.45, 2.75) is 44.6 Å². The first-order valence-electron chi connectivity index (χ1n) is 6.92. The van der Waals surface area contributed by atoms with Crippen molar-refractivity contribution in [2.24, 2.45) is 0 Å². The molecule has 0 saturated carbocycles. The number of carbonyl (C=O) groups is 1. The zero-order valence-electron chi connectivity index (χ0n) is 13.3. The Morgan fingerprint density at radius 1 is 1.19 bits per heavy atom. The molecular formula is C15H24N2O3S. The third kappa shape index (κ3) is 5.13. The molecule has 0 aromatic heterocycles. The number of nitrogens with one attached hydrogen (secondary N) is 1. The van der Waals surface area contributed by atoms with E-state index in [9.17, 15) is 13.2 Å². The fourth-order valence-corrected chi connectivity index (χ4v) is 2.95. The van der Waals surface area contributed by atoms with Crippen LogP contribution in [0.1, 0.15) is 33.3 Å². The molecule has 1 rings (SSSR count). The van der Waals surface area contributed by atoms with E-state index in [0.717, 1.165) is 16.3 Å². The highest BCUT2D eigenvalue weighted by atomic mass is 32.2. The summed E-state index contributed by atoms with van der Waals surface area (Å²) in [6.45, 7) is 7.36. The Hall–Kier alpha value is -1.40. The van der Waals surface area contributed by atoms with E-state index in [2.05, 4.69) is 5.32 Å². The second kappa shape index (κ2) is 6.58. The molecule has 1 N–H and O–H groups in total. The average molecular weight is 312 g/mol. The van der Waals surface area contributed by atoms with E-state index in [0.29, 0.717) is 0 Å². The van der Waals surface area contributed by atoms with Crippen LogP contribution >= 0.6 is 0 Å².